The van der Waals surface area contributed by atoms with Crippen molar-refractivity contribution in [3.05, 3.63) is 173 Å². The smallest absolute Gasteiger partial charge is 0.0816 e. The summed E-state index contributed by atoms with van der Waals surface area (Å²) in [5.74, 6) is 0. The first-order valence-electron chi connectivity index (χ1n) is 43.1. The van der Waals surface area contributed by atoms with E-state index in [9.17, 15) is 0 Å². The maximum Gasteiger partial charge on any atom is 0.0816 e. The quantitative estimate of drug-likeness (QED) is 0.0203. The highest BCUT2D eigenvalue weighted by molar-refractivity contribution is 7.12. The van der Waals surface area contributed by atoms with Crippen molar-refractivity contribution in [3.8, 4) is 0 Å². The minimum Gasteiger partial charge on any atom is -0.326 e. The van der Waals surface area contributed by atoms with Gasteiger partial charge in [0.05, 0.1) is 65.2 Å². The summed E-state index contributed by atoms with van der Waals surface area (Å²) >= 11 is 39.9. The molecule has 590 valence electrons. The fraction of sp³-hybridized carbons (Fsp3) is 0.621. The van der Waals surface area contributed by atoms with Crippen molar-refractivity contribution in [2.24, 2.45) is 0 Å². The number of hydrogen-bond acceptors (Lipinski definition) is 0. The summed E-state index contributed by atoms with van der Waals surface area (Å²) in [4.78, 5) is 0. The Morgan fingerprint density at radius 2 is 0.390 bits per heavy atom. The van der Waals surface area contributed by atoms with Gasteiger partial charge >= 0.3 is 0 Å². The molecule has 0 unspecified atom stereocenters. The molecule has 0 fully saturated rings. The number of rotatable bonds is 49. The van der Waals surface area contributed by atoms with E-state index < -0.39 is 12.3 Å². The van der Waals surface area contributed by atoms with Gasteiger partial charge in [0.15, 0.2) is 0 Å². The molecule has 0 radical (unpaired) electrons. The molecular weight excluding hydrogens is 1400 g/mol. The lowest BCUT2D eigenvalue weighted by Gasteiger charge is -2.44. The summed E-state index contributed by atoms with van der Waals surface area (Å²) in [6, 6.07) is 39.1. The van der Waals surface area contributed by atoms with Crippen molar-refractivity contribution in [2.45, 2.75) is 335 Å². The summed E-state index contributed by atoms with van der Waals surface area (Å²) < 4.78 is 2.78. The highest BCUT2D eigenvalue weighted by atomic mass is 35.5. The standard InChI is InChI=1S/2C27H31BCl3.C25H54N.C16H36N/c2*1-5-6-7-8-15-28(22-12-9-19(2)25(29)16-22,23-13-10-20(3)26(30)17-23)24-14-11-21(4)27(31)18-24;1-5-8-11-14-17-20-23-26(4,24-21-18-15-12-9-6-2)25-22-19-16-13-10-7-3;1-5-9-13-17(14-10-6-2,15-11-7-3)16-12-8-4/h2*9-14,16-18H,5-8,15H2,1-4H3;5-25H2,1-4H3;5-16H2,1-4H3/q2*-1;2*+1. The fourth-order valence-electron chi connectivity index (χ4n) is 16.2. The SMILES string of the molecule is CCCCCCCC[N+](C)(CCCCCCCC)CCCCCCCC.CCCCCC[B-](c1ccc(C)c(Cl)c1)(c1ccc(C)c(Cl)c1)c1ccc(C)c(Cl)c1.CCCCCC[B-](c1ccc(C)c(Cl)c1)(c1ccc(C)c(Cl)c1)c1ccc(C)c(Cl)c1.CCCC[N+](CCCC)(CCCC)CCCC. The van der Waals surface area contributed by atoms with Gasteiger partial charge in [0.2, 0.25) is 0 Å². The van der Waals surface area contributed by atoms with E-state index in [-0.39, 0.29) is 0 Å². The summed E-state index contributed by atoms with van der Waals surface area (Å²) in [5.41, 5.74) is 14.0. The third-order valence-electron chi connectivity index (χ3n) is 23.7. The van der Waals surface area contributed by atoms with Crippen LogP contribution >= 0.6 is 69.6 Å². The Morgan fingerprint density at radius 3 is 0.571 bits per heavy atom. The predicted molar refractivity (Wildman–Crippen MR) is 485 cm³/mol. The molecule has 0 atom stereocenters. The van der Waals surface area contributed by atoms with Crippen molar-refractivity contribution in [1.82, 2.24) is 0 Å². The molecule has 0 bridgehead atoms. The first-order valence-corrected chi connectivity index (χ1v) is 45.4. The van der Waals surface area contributed by atoms with Crippen molar-refractivity contribution >= 4 is 115 Å². The molecule has 10 heteroatoms. The highest BCUT2D eigenvalue weighted by Gasteiger charge is 2.33. The van der Waals surface area contributed by atoms with Gasteiger partial charge in [-0.25, -0.2) is 0 Å². The van der Waals surface area contributed by atoms with Crippen LogP contribution in [0.15, 0.2) is 109 Å². The second-order valence-corrected chi connectivity index (χ2v) is 35.0. The van der Waals surface area contributed by atoms with E-state index >= 15 is 0 Å². The Hall–Kier alpha value is -2.89. The van der Waals surface area contributed by atoms with Crippen LogP contribution in [0.3, 0.4) is 0 Å². The lowest BCUT2D eigenvalue weighted by Crippen LogP contribution is -2.67. The largest absolute Gasteiger partial charge is 0.326 e. The van der Waals surface area contributed by atoms with Crippen LogP contribution in [0.5, 0.6) is 0 Å². The van der Waals surface area contributed by atoms with Crippen molar-refractivity contribution in [3.63, 3.8) is 0 Å². The maximum absolute atomic E-state index is 6.65. The van der Waals surface area contributed by atoms with Gasteiger partial charge in [0.1, 0.15) is 0 Å². The van der Waals surface area contributed by atoms with Crippen LogP contribution in [0.2, 0.25) is 42.8 Å². The maximum atomic E-state index is 6.65. The van der Waals surface area contributed by atoms with E-state index in [1.807, 2.05) is 41.5 Å². The molecule has 0 aliphatic rings. The van der Waals surface area contributed by atoms with Crippen LogP contribution in [0, 0.1) is 41.5 Å². The molecule has 0 aromatic heterocycles. The number of benzene rings is 6. The minimum absolute atomic E-state index is 0.800. The van der Waals surface area contributed by atoms with Gasteiger partial charge in [-0.1, -0.05) is 395 Å². The molecule has 0 aliphatic heterocycles. The Bertz CT molecular complexity index is 2790. The molecule has 0 amide bonds. The van der Waals surface area contributed by atoms with E-state index in [1.54, 1.807) is 0 Å². The number of halogens is 6. The summed E-state index contributed by atoms with van der Waals surface area (Å²) in [5, 5.41) is 4.80. The van der Waals surface area contributed by atoms with Gasteiger partial charge in [-0.05, 0) is 139 Å². The van der Waals surface area contributed by atoms with E-state index in [0.717, 1.165) is 89.0 Å². The lowest BCUT2D eigenvalue weighted by atomic mass is 9.14. The Balaban J connectivity index is 0.000000372. The third-order valence-corrected chi connectivity index (χ3v) is 26.1. The number of quaternary nitrogens is 2. The zero-order valence-corrected chi connectivity index (χ0v) is 74.7. The third kappa shape index (κ3) is 33.5. The van der Waals surface area contributed by atoms with Gasteiger partial charge in [-0.3, -0.25) is 0 Å². The first-order chi connectivity index (χ1) is 50.5. The Labute approximate surface area is 678 Å². The average molecular weight is 1560 g/mol. The molecule has 6 aromatic carbocycles. The monoisotopic (exact) mass is 1550 g/mol. The van der Waals surface area contributed by atoms with Gasteiger partial charge in [-0.15, -0.1) is 0 Å². The molecule has 0 N–H and O–H groups in total. The average Bonchev–Trinajstić information content (AvgIpc) is 0.752. The van der Waals surface area contributed by atoms with E-state index in [2.05, 4.69) is 179 Å². The van der Waals surface area contributed by atoms with E-state index in [1.165, 1.54) is 293 Å². The molecule has 0 saturated heterocycles. The molecule has 0 spiro atoms. The van der Waals surface area contributed by atoms with Gasteiger partial charge in [-0.2, -0.15) is 45.4 Å². The summed E-state index contributed by atoms with van der Waals surface area (Å²) in [6.07, 6.45) is 46.0. The molecule has 0 saturated carbocycles. The van der Waals surface area contributed by atoms with E-state index in [0.29, 0.717) is 0 Å². The van der Waals surface area contributed by atoms with Crippen molar-refractivity contribution < 1.29 is 8.97 Å². The number of nitrogens with zero attached hydrogens (tertiary/aromatic N) is 2. The summed E-state index contributed by atoms with van der Waals surface area (Å²) in [6.45, 7) is 43.0. The first kappa shape index (κ1) is 96.3. The molecular formula is C95H152B2Cl6N2. The zero-order chi connectivity index (χ0) is 77.5. The minimum atomic E-state index is -1.28. The number of hydrogen-bond donors (Lipinski definition) is 0. The fourth-order valence-corrected chi connectivity index (χ4v) is 17.3. The lowest BCUT2D eigenvalue weighted by molar-refractivity contribution is -0.929. The molecule has 105 heavy (non-hydrogen) atoms. The van der Waals surface area contributed by atoms with Crippen LogP contribution in [-0.4, -0.2) is 74.1 Å². The molecule has 2 nitrogen and oxygen atoms in total. The molecule has 0 aliphatic carbocycles. The summed E-state index contributed by atoms with van der Waals surface area (Å²) in [7, 11) is 2.56. The van der Waals surface area contributed by atoms with Gasteiger partial charge in [0, 0.05) is 30.1 Å². The normalized spacial score (nSPS) is 11.8. The number of unbranched alkanes of at least 4 members (excludes halogenated alkanes) is 25. The van der Waals surface area contributed by atoms with Crippen LogP contribution < -0.4 is 32.8 Å². The van der Waals surface area contributed by atoms with Gasteiger partial charge < -0.3 is 8.97 Å². The van der Waals surface area contributed by atoms with Crippen LogP contribution in [0.1, 0.15) is 314 Å². The topological polar surface area (TPSA) is 0 Å². The second kappa shape index (κ2) is 54.7. The predicted octanol–water partition coefficient (Wildman–Crippen LogP) is 28.8. The van der Waals surface area contributed by atoms with Crippen LogP contribution in [-0.2, 0) is 0 Å². The Morgan fingerprint density at radius 1 is 0.219 bits per heavy atom. The second-order valence-electron chi connectivity index (χ2n) is 32.6. The molecule has 6 rings (SSSR count). The van der Waals surface area contributed by atoms with Crippen LogP contribution in [0.4, 0.5) is 0 Å². The van der Waals surface area contributed by atoms with Crippen molar-refractivity contribution in [1.29, 1.82) is 0 Å². The van der Waals surface area contributed by atoms with Crippen LogP contribution in [0.25, 0.3) is 0 Å². The molecule has 6 aromatic rings. The van der Waals surface area contributed by atoms with E-state index in [4.69, 9.17) is 69.6 Å². The van der Waals surface area contributed by atoms with Gasteiger partial charge in [0.25, 0.3) is 0 Å². The molecule has 0 heterocycles. The number of aryl methyl sites for hydroxylation is 6. The highest BCUT2D eigenvalue weighted by Crippen LogP contribution is 2.29. The van der Waals surface area contributed by atoms with Crippen molar-refractivity contribution in [2.75, 3.05) is 52.9 Å². The Kier molecular flexibility index (Phi) is 50.2. The zero-order valence-electron chi connectivity index (χ0n) is 70.1.